The first-order valence-corrected chi connectivity index (χ1v) is 9.32. The van der Waals surface area contributed by atoms with Crippen LogP contribution in [-0.4, -0.2) is 43.9 Å². The van der Waals surface area contributed by atoms with Gasteiger partial charge in [0.15, 0.2) is 5.65 Å². The predicted octanol–water partition coefficient (Wildman–Crippen LogP) is 1.54. The van der Waals surface area contributed by atoms with Crippen molar-refractivity contribution >= 4 is 22.9 Å². The van der Waals surface area contributed by atoms with Crippen molar-refractivity contribution in [3.63, 3.8) is 0 Å². The van der Waals surface area contributed by atoms with Crippen LogP contribution in [0, 0.1) is 0 Å². The second-order valence-electron chi connectivity index (χ2n) is 8.00. The van der Waals surface area contributed by atoms with E-state index in [9.17, 15) is 19.5 Å². The Kier molecular flexibility index (Phi) is 5.41. The normalized spacial score (nSPS) is 14.3. The first kappa shape index (κ1) is 20.5. The van der Waals surface area contributed by atoms with Crippen molar-refractivity contribution in [2.24, 2.45) is 7.05 Å². The second-order valence-corrected chi connectivity index (χ2v) is 8.00. The minimum Gasteiger partial charge on any atom is -0.506 e. The molecule has 0 atom stereocenters. The summed E-state index contributed by atoms with van der Waals surface area (Å²) in [4.78, 5) is 37.2. The summed E-state index contributed by atoms with van der Waals surface area (Å²) in [5.74, 6) is -1.88. The summed E-state index contributed by atoms with van der Waals surface area (Å²) in [6, 6.07) is 0. The van der Waals surface area contributed by atoms with Crippen molar-refractivity contribution in [1.29, 1.82) is 0 Å². The Morgan fingerprint density at radius 3 is 2.59 bits per heavy atom. The number of nitrogens with one attached hydrogen (secondary N) is 1. The molecule has 1 aliphatic carbocycles. The van der Waals surface area contributed by atoms with Crippen molar-refractivity contribution in [3.05, 3.63) is 39.8 Å². The van der Waals surface area contributed by atoms with Crippen LogP contribution < -0.4 is 10.9 Å². The van der Waals surface area contributed by atoms with Crippen LogP contribution in [0.1, 0.15) is 55.5 Å². The van der Waals surface area contributed by atoms with Crippen LogP contribution in [0.15, 0.2) is 23.1 Å². The number of aryl methyl sites for hydroxylation is 1. The van der Waals surface area contributed by atoms with Gasteiger partial charge in [-0.05, 0) is 45.1 Å². The molecule has 2 N–H and O–H groups in total. The van der Waals surface area contributed by atoms with Crippen molar-refractivity contribution < 1.29 is 19.4 Å². The Labute approximate surface area is 167 Å². The van der Waals surface area contributed by atoms with Crippen molar-refractivity contribution in [3.8, 4) is 5.75 Å². The Bertz CT molecular complexity index is 1060. The Hall–Kier alpha value is -3.23. The number of esters is 1. The van der Waals surface area contributed by atoms with E-state index >= 15 is 0 Å². The predicted molar refractivity (Wildman–Crippen MR) is 106 cm³/mol. The third-order valence-electron chi connectivity index (χ3n) is 4.66. The highest BCUT2D eigenvalue weighted by molar-refractivity contribution is 6.03. The van der Waals surface area contributed by atoms with Crippen LogP contribution in [0.2, 0.25) is 0 Å². The monoisotopic (exact) mass is 400 g/mol. The van der Waals surface area contributed by atoms with Gasteiger partial charge < -0.3 is 15.2 Å². The van der Waals surface area contributed by atoms with Gasteiger partial charge >= 0.3 is 5.97 Å². The van der Waals surface area contributed by atoms with Gasteiger partial charge in [0.2, 0.25) is 0 Å². The zero-order valence-corrected chi connectivity index (χ0v) is 16.9. The lowest BCUT2D eigenvalue weighted by molar-refractivity contribution is -0.153. The molecule has 0 saturated heterocycles. The fourth-order valence-electron chi connectivity index (χ4n) is 3.36. The molecular weight excluding hydrogens is 376 g/mol. The van der Waals surface area contributed by atoms with Crippen molar-refractivity contribution in [2.75, 3.05) is 6.54 Å². The van der Waals surface area contributed by atoms with Crippen LogP contribution in [-0.2, 0) is 16.6 Å². The Morgan fingerprint density at radius 2 is 1.97 bits per heavy atom. The van der Waals surface area contributed by atoms with Crippen LogP contribution in [0.5, 0.6) is 5.75 Å². The molecule has 154 valence electrons. The lowest BCUT2D eigenvalue weighted by Crippen LogP contribution is -2.38. The first-order valence-electron chi connectivity index (χ1n) is 9.32. The molecule has 1 aliphatic rings. The smallest absolute Gasteiger partial charge is 0.325 e. The average Bonchev–Trinajstić information content (AvgIpc) is 3.17. The van der Waals surface area contributed by atoms with Crippen LogP contribution in [0.3, 0.4) is 0 Å². The summed E-state index contributed by atoms with van der Waals surface area (Å²) in [5.41, 5.74) is -0.960. The molecule has 2 aromatic heterocycles. The quantitative estimate of drug-likeness (QED) is 0.589. The minimum absolute atomic E-state index is 0.0778. The van der Waals surface area contributed by atoms with Gasteiger partial charge in [-0.3, -0.25) is 19.0 Å². The van der Waals surface area contributed by atoms with Crippen LogP contribution in [0.4, 0.5) is 0 Å². The molecule has 29 heavy (non-hydrogen) atoms. The van der Waals surface area contributed by atoms with E-state index in [1.165, 1.54) is 11.6 Å². The minimum atomic E-state index is -0.858. The van der Waals surface area contributed by atoms with E-state index in [2.05, 4.69) is 15.5 Å². The number of amides is 1. The Morgan fingerprint density at radius 1 is 1.31 bits per heavy atom. The molecule has 0 aliphatic heterocycles. The molecular formula is C20H24N4O5. The highest BCUT2D eigenvalue weighted by Crippen LogP contribution is 2.37. The van der Waals surface area contributed by atoms with Gasteiger partial charge in [0.05, 0.1) is 11.6 Å². The maximum atomic E-state index is 12.7. The number of rotatable bonds is 4. The summed E-state index contributed by atoms with van der Waals surface area (Å²) < 4.78 is 6.32. The highest BCUT2D eigenvalue weighted by Gasteiger charge is 2.27. The van der Waals surface area contributed by atoms with Crippen LogP contribution in [0.25, 0.3) is 11.0 Å². The summed E-state index contributed by atoms with van der Waals surface area (Å²) in [6.45, 7) is 4.69. The van der Waals surface area contributed by atoms with E-state index in [0.29, 0.717) is 10.9 Å². The van der Waals surface area contributed by atoms with Crippen molar-refractivity contribution in [2.45, 2.75) is 45.1 Å². The summed E-state index contributed by atoms with van der Waals surface area (Å²) in [7, 11) is 1.46. The van der Waals surface area contributed by atoms with Gasteiger partial charge in [0, 0.05) is 7.05 Å². The molecule has 0 saturated carbocycles. The van der Waals surface area contributed by atoms with E-state index in [1.807, 2.05) is 12.2 Å². The lowest BCUT2D eigenvalue weighted by Gasteiger charge is -2.19. The third kappa shape index (κ3) is 4.13. The number of aromatic hydroxyl groups is 1. The fourth-order valence-corrected chi connectivity index (χ4v) is 3.36. The molecule has 2 heterocycles. The molecule has 1 amide bonds. The van der Waals surface area contributed by atoms with Gasteiger partial charge in [0.1, 0.15) is 23.5 Å². The molecule has 0 fully saturated rings. The van der Waals surface area contributed by atoms with Gasteiger partial charge in [-0.15, -0.1) is 5.10 Å². The van der Waals surface area contributed by atoms with Gasteiger partial charge in [0.25, 0.3) is 11.5 Å². The number of aromatic nitrogens is 3. The molecule has 0 aromatic carbocycles. The fraction of sp³-hybridized carbons (Fsp3) is 0.450. The third-order valence-corrected chi connectivity index (χ3v) is 4.66. The number of hydrogen-bond acceptors (Lipinski definition) is 7. The molecule has 0 bridgehead atoms. The second kappa shape index (κ2) is 7.65. The molecule has 2 aromatic rings. The molecule has 0 unspecified atom stereocenters. The number of carbonyl (C=O) groups is 2. The number of pyridine rings is 1. The van der Waals surface area contributed by atoms with Gasteiger partial charge in [-0.1, -0.05) is 12.2 Å². The number of fused-ring (bicyclic) bond motifs is 1. The summed E-state index contributed by atoms with van der Waals surface area (Å²) in [5, 5.41) is 21.4. The molecule has 9 nitrogen and oxygen atoms in total. The van der Waals surface area contributed by atoms with E-state index in [0.717, 1.165) is 12.8 Å². The summed E-state index contributed by atoms with van der Waals surface area (Å²) >= 11 is 0. The topological polar surface area (TPSA) is 123 Å². The standard InChI is InChI=1S/C20H24N4O5/c1-20(2,3)29-13(25)10-21-18(27)15-16(26)14-12(11-7-5-6-8-11)9-22-23-17(14)24(4)19(15)28/h5-6,9,11,26H,7-8,10H2,1-4H3,(H,21,27). The Balaban J connectivity index is 2.00. The molecule has 9 heteroatoms. The van der Waals surface area contributed by atoms with Gasteiger partial charge in [-0.25, -0.2) is 0 Å². The average molecular weight is 400 g/mol. The molecule has 0 radical (unpaired) electrons. The maximum absolute atomic E-state index is 12.7. The molecule has 0 spiro atoms. The SMILES string of the molecule is Cn1c(=O)c(C(=O)NCC(=O)OC(C)(C)C)c(O)c2c(C3CC=CC3)cnnc21. The van der Waals surface area contributed by atoms with E-state index in [-0.39, 0.29) is 11.6 Å². The summed E-state index contributed by atoms with van der Waals surface area (Å²) in [6.07, 6.45) is 7.15. The highest BCUT2D eigenvalue weighted by atomic mass is 16.6. The van der Waals surface area contributed by atoms with Crippen LogP contribution >= 0.6 is 0 Å². The number of allylic oxidation sites excluding steroid dienone is 2. The van der Waals surface area contributed by atoms with E-state index in [4.69, 9.17) is 4.74 Å². The zero-order valence-electron chi connectivity index (χ0n) is 16.9. The maximum Gasteiger partial charge on any atom is 0.325 e. The largest absolute Gasteiger partial charge is 0.506 e. The van der Waals surface area contributed by atoms with E-state index in [1.54, 1.807) is 27.0 Å². The number of nitrogens with zero attached hydrogens (tertiary/aromatic N) is 3. The lowest BCUT2D eigenvalue weighted by atomic mass is 9.94. The first-order chi connectivity index (χ1) is 13.6. The number of ether oxygens (including phenoxy) is 1. The number of hydrogen-bond donors (Lipinski definition) is 2. The van der Waals surface area contributed by atoms with E-state index < -0.39 is 40.9 Å². The number of carbonyl (C=O) groups excluding carboxylic acids is 2. The zero-order chi connectivity index (χ0) is 21.3. The van der Waals surface area contributed by atoms with Gasteiger partial charge in [-0.2, -0.15) is 5.10 Å². The van der Waals surface area contributed by atoms with Crippen molar-refractivity contribution in [1.82, 2.24) is 20.1 Å². The molecule has 3 rings (SSSR count).